The van der Waals surface area contributed by atoms with Crippen molar-refractivity contribution in [1.29, 1.82) is 0 Å². The Kier molecular flexibility index (Phi) is 3.34. The number of allylic oxidation sites excluding steroid dienone is 1. The van der Waals surface area contributed by atoms with Gasteiger partial charge in [-0.1, -0.05) is 46.1 Å². The predicted molar refractivity (Wildman–Crippen MR) is 55.5 cm³/mol. The van der Waals surface area contributed by atoms with Gasteiger partial charge in [0.25, 0.3) is 0 Å². The van der Waals surface area contributed by atoms with Crippen LogP contribution in [-0.4, -0.2) is 8.07 Å². The summed E-state index contributed by atoms with van der Waals surface area (Å²) in [7, 11) is -1.02. The van der Waals surface area contributed by atoms with E-state index in [9.17, 15) is 0 Å². The Bertz CT molecular complexity index is 152. The van der Waals surface area contributed by atoms with E-state index in [0.717, 1.165) is 0 Å². The summed E-state index contributed by atoms with van der Waals surface area (Å²) < 4.78 is 0. The predicted octanol–water partition coefficient (Wildman–Crippen LogP) is 3.62. The fourth-order valence-electron chi connectivity index (χ4n) is 0.542. The van der Waals surface area contributed by atoms with Gasteiger partial charge in [-0.05, 0) is 11.5 Å². The molecular formula is C10H20Si. The highest BCUT2D eigenvalue weighted by atomic mass is 28.3. The minimum atomic E-state index is -1.02. The van der Waals surface area contributed by atoms with Crippen LogP contribution in [0.5, 0.6) is 0 Å². The fraction of sp³-hybridized carbons (Fsp3) is 0.700. The van der Waals surface area contributed by atoms with Crippen LogP contribution in [0.25, 0.3) is 0 Å². The second kappa shape index (κ2) is 3.42. The Morgan fingerprint density at radius 3 is 1.82 bits per heavy atom. The van der Waals surface area contributed by atoms with Crippen LogP contribution in [0.3, 0.4) is 0 Å². The van der Waals surface area contributed by atoms with Crippen LogP contribution in [0, 0.1) is 5.41 Å². The van der Waals surface area contributed by atoms with E-state index >= 15 is 0 Å². The first-order chi connectivity index (χ1) is 4.71. The lowest BCUT2D eigenvalue weighted by molar-refractivity contribution is 0.545. The molecule has 0 spiro atoms. The molecule has 0 aromatic heterocycles. The molecule has 0 aliphatic carbocycles. The molecule has 0 aromatic carbocycles. The smallest absolute Gasteiger partial charge is 0.0781 e. The maximum absolute atomic E-state index is 3.28. The van der Waals surface area contributed by atoms with Crippen molar-refractivity contribution in [3.05, 3.63) is 17.5 Å². The van der Waals surface area contributed by atoms with E-state index in [1.165, 1.54) is 0 Å². The molecule has 0 radical (unpaired) electrons. The zero-order valence-electron chi connectivity index (χ0n) is 8.65. The first-order valence-electron chi connectivity index (χ1n) is 4.15. The lowest BCUT2D eigenvalue weighted by Crippen LogP contribution is -2.14. The van der Waals surface area contributed by atoms with Crippen molar-refractivity contribution in [3.8, 4) is 0 Å². The van der Waals surface area contributed by atoms with E-state index in [1.807, 2.05) is 0 Å². The fourth-order valence-corrected chi connectivity index (χ4v) is 1.13. The molecule has 0 saturated carbocycles. The van der Waals surface area contributed by atoms with Crippen LogP contribution in [0.2, 0.25) is 19.6 Å². The van der Waals surface area contributed by atoms with Crippen molar-refractivity contribution >= 4 is 8.07 Å². The van der Waals surface area contributed by atoms with Gasteiger partial charge in [0.2, 0.25) is 0 Å². The van der Waals surface area contributed by atoms with Crippen molar-refractivity contribution in [3.63, 3.8) is 0 Å². The van der Waals surface area contributed by atoms with E-state index in [0.29, 0.717) is 0 Å². The molecule has 1 heteroatoms. The zero-order valence-corrected chi connectivity index (χ0v) is 9.65. The lowest BCUT2D eigenvalue weighted by atomic mass is 9.97. The molecule has 0 N–H and O–H groups in total. The molecule has 11 heavy (non-hydrogen) atoms. The van der Waals surface area contributed by atoms with Gasteiger partial charge in [0.05, 0.1) is 8.07 Å². The third-order valence-electron chi connectivity index (χ3n) is 1.03. The highest BCUT2D eigenvalue weighted by Crippen LogP contribution is 2.13. The highest BCUT2D eigenvalue weighted by Gasteiger charge is 2.07. The SMILES string of the molecule is CC(C)(C)C=C=C[Si](C)(C)C. The average molecular weight is 168 g/mol. The summed E-state index contributed by atoms with van der Waals surface area (Å²) in [6, 6.07) is 0. The van der Waals surface area contributed by atoms with Crippen molar-refractivity contribution in [2.24, 2.45) is 5.41 Å². The molecule has 0 heterocycles. The first kappa shape index (κ1) is 10.7. The molecule has 0 aromatic rings. The van der Waals surface area contributed by atoms with Crippen molar-refractivity contribution < 1.29 is 0 Å². The molecule has 0 unspecified atom stereocenters. The Labute approximate surface area is 72.0 Å². The van der Waals surface area contributed by atoms with Gasteiger partial charge in [-0.15, -0.1) is 5.73 Å². The maximum atomic E-state index is 3.28. The molecule has 0 aliphatic rings. The van der Waals surface area contributed by atoms with Gasteiger partial charge in [-0.25, -0.2) is 0 Å². The third kappa shape index (κ3) is 9.74. The molecule has 0 amide bonds. The number of hydrogen-bond donors (Lipinski definition) is 0. The summed E-state index contributed by atoms with van der Waals surface area (Å²) in [5, 5.41) is 0. The Morgan fingerprint density at radius 2 is 1.55 bits per heavy atom. The lowest BCUT2D eigenvalue weighted by Gasteiger charge is -2.10. The van der Waals surface area contributed by atoms with E-state index in [4.69, 9.17) is 0 Å². The zero-order chi connectivity index (χ0) is 9.12. The third-order valence-corrected chi connectivity index (χ3v) is 2.07. The molecule has 0 fully saturated rings. The van der Waals surface area contributed by atoms with Crippen molar-refractivity contribution in [2.45, 2.75) is 40.4 Å². The minimum Gasteiger partial charge on any atom is -0.133 e. The van der Waals surface area contributed by atoms with Gasteiger partial charge in [-0.3, -0.25) is 0 Å². The first-order valence-corrected chi connectivity index (χ1v) is 7.73. The molecule has 0 aliphatic heterocycles. The van der Waals surface area contributed by atoms with Gasteiger partial charge in [0.1, 0.15) is 0 Å². The van der Waals surface area contributed by atoms with Crippen LogP contribution >= 0.6 is 0 Å². The molecule has 0 nitrogen and oxygen atoms in total. The van der Waals surface area contributed by atoms with Crippen LogP contribution in [0.15, 0.2) is 17.5 Å². The quantitative estimate of drug-likeness (QED) is 0.414. The van der Waals surface area contributed by atoms with Crippen molar-refractivity contribution in [2.75, 3.05) is 0 Å². The monoisotopic (exact) mass is 168 g/mol. The molecule has 0 bridgehead atoms. The van der Waals surface area contributed by atoms with E-state index in [2.05, 4.69) is 57.9 Å². The van der Waals surface area contributed by atoms with Crippen molar-refractivity contribution in [1.82, 2.24) is 0 Å². The Balaban J connectivity index is 4.25. The second-order valence-electron chi connectivity index (χ2n) is 5.19. The van der Waals surface area contributed by atoms with Crippen LogP contribution in [-0.2, 0) is 0 Å². The summed E-state index contributed by atoms with van der Waals surface area (Å²) in [5.74, 6) is 0. The normalized spacial score (nSPS) is 12.2. The topological polar surface area (TPSA) is 0 Å². The van der Waals surface area contributed by atoms with Gasteiger partial charge in [0, 0.05) is 0 Å². The number of rotatable bonds is 1. The Hall–Kier alpha value is -0.263. The standard InChI is InChI=1S/C10H20Si/c1-10(2,3)8-7-9-11(4,5)6/h8-9H,1-6H3. The van der Waals surface area contributed by atoms with Gasteiger partial charge >= 0.3 is 0 Å². The summed E-state index contributed by atoms with van der Waals surface area (Å²) in [5.41, 5.74) is 5.80. The summed E-state index contributed by atoms with van der Waals surface area (Å²) in [4.78, 5) is 0. The largest absolute Gasteiger partial charge is 0.133 e. The molecule has 0 saturated heterocycles. The molecule has 64 valence electrons. The summed E-state index contributed by atoms with van der Waals surface area (Å²) in [6.45, 7) is 13.5. The Morgan fingerprint density at radius 1 is 1.09 bits per heavy atom. The molecule has 0 rings (SSSR count). The minimum absolute atomic E-state index is 0.274. The summed E-state index contributed by atoms with van der Waals surface area (Å²) in [6.07, 6.45) is 2.14. The highest BCUT2D eigenvalue weighted by molar-refractivity contribution is 6.80. The van der Waals surface area contributed by atoms with Crippen LogP contribution < -0.4 is 0 Å². The van der Waals surface area contributed by atoms with Gasteiger partial charge in [0.15, 0.2) is 0 Å². The van der Waals surface area contributed by atoms with Crippen LogP contribution in [0.4, 0.5) is 0 Å². The molecule has 0 atom stereocenters. The second-order valence-corrected chi connectivity index (χ2v) is 10.2. The summed E-state index contributed by atoms with van der Waals surface area (Å²) >= 11 is 0. The van der Waals surface area contributed by atoms with E-state index in [1.54, 1.807) is 0 Å². The van der Waals surface area contributed by atoms with E-state index < -0.39 is 8.07 Å². The van der Waals surface area contributed by atoms with Gasteiger partial charge in [-0.2, -0.15) is 0 Å². The number of hydrogen-bond acceptors (Lipinski definition) is 0. The van der Waals surface area contributed by atoms with E-state index in [-0.39, 0.29) is 5.41 Å². The molecular weight excluding hydrogens is 148 g/mol. The van der Waals surface area contributed by atoms with Crippen LogP contribution in [0.1, 0.15) is 20.8 Å². The average Bonchev–Trinajstić information content (AvgIpc) is 1.55. The maximum Gasteiger partial charge on any atom is 0.0781 e. The van der Waals surface area contributed by atoms with Gasteiger partial charge < -0.3 is 0 Å².